The summed E-state index contributed by atoms with van der Waals surface area (Å²) in [5.41, 5.74) is 1.13. The van der Waals surface area contributed by atoms with Crippen molar-refractivity contribution in [3.8, 4) is 0 Å². The molecule has 2 heterocycles. The molecule has 122 valence electrons. The summed E-state index contributed by atoms with van der Waals surface area (Å²) < 4.78 is 23.2. The lowest BCUT2D eigenvalue weighted by molar-refractivity contribution is 0.150. The van der Waals surface area contributed by atoms with Crippen molar-refractivity contribution in [2.45, 2.75) is 25.8 Å². The Hall–Kier alpha value is -1.63. The molecular weight excluding hydrogens is 302 g/mol. The number of carbonyl (C=O) groups excluding carboxylic acids is 1. The lowest BCUT2D eigenvalue weighted by Crippen LogP contribution is -2.47. The number of urea groups is 1. The van der Waals surface area contributed by atoms with Gasteiger partial charge >= 0.3 is 6.03 Å². The third kappa shape index (κ3) is 4.19. The Morgan fingerprint density at radius 2 is 2.05 bits per heavy atom. The standard InChI is InChI=1S/C15H23N3O3S/c1-3-18(14-7-11-22(20,21)12-14)15(19)17(2)10-6-13-4-8-16-9-5-13/h4-5,8-9,14H,3,6-7,10-12H2,1-2H3. The molecule has 1 aromatic heterocycles. The molecule has 0 spiro atoms. The van der Waals surface area contributed by atoms with Crippen LogP contribution in [-0.2, 0) is 16.3 Å². The van der Waals surface area contributed by atoms with Crippen LogP contribution in [0.15, 0.2) is 24.5 Å². The molecule has 0 saturated carbocycles. The summed E-state index contributed by atoms with van der Waals surface area (Å²) in [6, 6.07) is 3.57. The van der Waals surface area contributed by atoms with Crippen molar-refractivity contribution in [3.05, 3.63) is 30.1 Å². The van der Waals surface area contributed by atoms with Crippen LogP contribution in [0.2, 0.25) is 0 Å². The second kappa shape index (κ2) is 7.09. The van der Waals surface area contributed by atoms with Gasteiger partial charge in [0.1, 0.15) is 0 Å². The molecule has 0 aromatic carbocycles. The van der Waals surface area contributed by atoms with E-state index >= 15 is 0 Å². The van der Waals surface area contributed by atoms with Gasteiger partial charge in [-0.25, -0.2) is 13.2 Å². The Kier molecular flexibility index (Phi) is 5.39. The third-order valence-electron chi connectivity index (χ3n) is 4.05. The molecule has 1 fully saturated rings. The van der Waals surface area contributed by atoms with Crippen molar-refractivity contribution in [1.29, 1.82) is 0 Å². The van der Waals surface area contributed by atoms with Gasteiger partial charge < -0.3 is 9.80 Å². The van der Waals surface area contributed by atoms with Crippen LogP contribution in [0.1, 0.15) is 18.9 Å². The molecule has 1 saturated heterocycles. The van der Waals surface area contributed by atoms with Crippen LogP contribution < -0.4 is 0 Å². The molecule has 7 heteroatoms. The number of pyridine rings is 1. The lowest BCUT2D eigenvalue weighted by Gasteiger charge is -2.31. The van der Waals surface area contributed by atoms with E-state index in [2.05, 4.69) is 4.98 Å². The van der Waals surface area contributed by atoms with E-state index < -0.39 is 9.84 Å². The summed E-state index contributed by atoms with van der Waals surface area (Å²) in [6.07, 6.45) is 4.77. The van der Waals surface area contributed by atoms with Crippen molar-refractivity contribution in [1.82, 2.24) is 14.8 Å². The minimum absolute atomic E-state index is 0.0881. The number of aromatic nitrogens is 1. The van der Waals surface area contributed by atoms with E-state index in [-0.39, 0.29) is 23.6 Å². The first-order chi connectivity index (χ1) is 10.4. The molecule has 22 heavy (non-hydrogen) atoms. The van der Waals surface area contributed by atoms with E-state index in [9.17, 15) is 13.2 Å². The fraction of sp³-hybridized carbons (Fsp3) is 0.600. The van der Waals surface area contributed by atoms with E-state index in [1.165, 1.54) is 0 Å². The van der Waals surface area contributed by atoms with Crippen LogP contribution in [0, 0.1) is 0 Å². The van der Waals surface area contributed by atoms with E-state index in [1.807, 2.05) is 19.1 Å². The summed E-state index contributed by atoms with van der Waals surface area (Å²) in [5, 5.41) is 0. The molecule has 1 atom stereocenters. The third-order valence-corrected chi connectivity index (χ3v) is 5.80. The largest absolute Gasteiger partial charge is 0.327 e. The van der Waals surface area contributed by atoms with Gasteiger partial charge in [0.15, 0.2) is 9.84 Å². The predicted molar refractivity (Wildman–Crippen MR) is 85.4 cm³/mol. The number of hydrogen-bond acceptors (Lipinski definition) is 4. The van der Waals surface area contributed by atoms with Gasteiger partial charge in [0.05, 0.1) is 11.5 Å². The Balaban J connectivity index is 1.93. The smallest absolute Gasteiger partial charge is 0.320 e. The maximum atomic E-state index is 12.5. The first kappa shape index (κ1) is 16.7. The van der Waals surface area contributed by atoms with Crippen LogP contribution in [0.3, 0.4) is 0 Å². The molecule has 2 amide bonds. The quantitative estimate of drug-likeness (QED) is 0.815. The van der Waals surface area contributed by atoms with Gasteiger partial charge in [-0.2, -0.15) is 0 Å². The maximum Gasteiger partial charge on any atom is 0.320 e. The van der Waals surface area contributed by atoms with E-state index in [1.54, 1.807) is 29.2 Å². The minimum atomic E-state index is -2.98. The maximum absolute atomic E-state index is 12.5. The molecule has 1 aliphatic rings. The SMILES string of the molecule is CCN(C(=O)N(C)CCc1ccncc1)C1CCS(=O)(=O)C1. The first-order valence-corrected chi connectivity index (χ1v) is 9.36. The highest BCUT2D eigenvalue weighted by Gasteiger charge is 2.34. The average Bonchev–Trinajstić information content (AvgIpc) is 2.86. The van der Waals surface area contributed by atoms with Gasteiger partial charge in [0, 0.05) is 38.6 Å². The van der Waals surface area contributed by atoms with Crippen LogP contribution in [0.4, 0.5) is 4.79 Å². The van der Waals surface area contributed by atoms with Crippen LogP contribution >= 0.6 is 0 Å². The number of likely N-dealkylation sites (N-methyl/N-ethyl adjacent to an activating group) is 1. The molecular formula is C15H23N3O3S. The molecule has 1 unspecified atom stereocenters. The molecule has 0 bridgehead atoms. The van der Waals surface area contributed by atoms with Crippen molar-refractivity contribution >= 4 is 15.9 Å². The Bertz CT molecular complexity index is 604. The monoisotopic (exact) mass is 325 g/mol. The van der Waals surface area contributed by atoms with E-state index in [0.717, 1.165) is 12.0 Å². The van der Waals surface area contributed by atoms with Crippen molar-refractivity contribution < 1.29 is 13.2 Å². The van der Waals surface area contributed by atoms with Crippen molar-refractivity contribution in [2.24, 2.45) is 0 Å². The van der Waals surface area contributed by atoms with Crippen LogP contribution in [0.5, 0.6) is 0 Å². The molecule has 0 radical (unpaired) electrons. The first-order valence-electron chi connectivity index (χ1n) is 7.54. The van der Waals surface area contributed by atoms with Gasteiger partial charge in [0.2, 0.25) is 0 Å². The fourth-order valence-corrected chi connectivity index (χ4v) is 4.46. The minimum Gasteiger partial charge on any atom is -0.327 e. The molecule has 0 N–H and O–H groups in total. The number of rotatable bonds is 5. The summed E-state index contributed by atoms with van der Waals surface area (Å²) in [5.74, 6) is 0.271. The van der Waals surface area contributed by atoms with Crippen LogP contribution in [-0.4, -0.2) is 66.9 Å². The molecule has 0 aliphatic carbocycles. The summed E-state index contributed by atoms with van der Waals surface area (Å²) >= 11 is 0. The van der Waals surface area contributed by atoms with Crippen LogP contribution in [0.25, 0.3) is 0 Å². The van der Waals surface area contributed by atoms with Gasteiger partial charge in [-0.15, -0.1) is 0 Å². The molecule has 6 nitrogen and oxygen atoms in total. The normalized spacial score (nSPS) is 19.8. The fourth-order valence-electron chi connectivity index (χ4n) is 2.73. The zero-order chi connectivity index (χ0) is 16.2. The lowest BCUT2D eigenvalue weighted by atomic mass is 10.2. The Labute approximate surface area is 132 Å². The molecule has 2 rings (SSSR count). The van der Waals surface area contributed by atoms with Gasteiger partial charge in [-0.3, -0.25) is 4.98 Å². The average molecular weight is 325 g/mol. The zero-order valence-corrected chi connectivity index (χ0v) is 13.9. The molecule has 1 aromatic rings. The Morgan fingerprint density at radius 1 is 1.36 bits per heavy atom. The predicted octanol–water partition coefficient (Wildman–Crippen LogP) is 1.18. The number of hydrogen-bond donors (Lipinski definition) is 0. The van der Waals surface area contributed by atoms with Gasteiger partial charge in [-0.1, -0.05) is 0 Å². The zero-order valence-electron chi connectivity index (χ0n) is 13.1. The second-order valence-electron chi connectivity index (χ2n) is 5.65. The number of nitrogens with zero attached hydrogens (tertiary/aromatic N) is 3. The molecule has 1 aliphatic heterocycles. The summed E-state index contributed by atoms with van der Waals surface area (Å²) in [6.45, 7) is 3.01. The van der Waals surface area contributed by atoms with E-state index in [4.69, 9.17) is 0 Å². The highest BCUT2D eigenvalue weighted by atomic mass is 32.2. The summed E-state index contributed by atoms with van der Waals surface area (Å²) in [7, 11) is -1.22. The van der Waals surface area contributed by atoms with Crippen molar-refractivity contribution in [2.75, 3.05) is 31.6 Å². The number of sulfone groups is 1. The van der Waals surface area contributed by atoms with E-state index in [0.29, 0.717) is 19.5 Å². The topological polar surface area (TPSA) is 70.6 Å². The second-order valence-corrected chi connectivity index (χ2v) is 7.88. The highest BCUT2D eigenvalue weighted by Crippen LogP contribution is 2.18. The Morgan fingerprint density at radius 3 is 2.59 bits per heavy atom. The van der Waals surface area contributed by atoms with Gasteiger partial charge in [0.25, 0.3) is 0 Å². The number of amides is 2. The highest BCUT2D eigenvalue weighted by molar-refractivity contribution is 7.91. The summed E-state index contributed by atoms with van der Waals surface area (Å²) in [4.78, 5) is 19.8. The van der Waals surface area contributed by atoms with Crippen molar-refractivity contribution in [3.63, 3.8) is 0 Å². The van der Waals surface area contributed by atoms with Gasteiger partial charge in [-0.05, 0) is 37.5 Å². The number of carbonyl (C=O) groups is 1.